The van der Waals surface area contributed by atoms with Gasteiger partial charge in [0.15, 0.2) is 0 Å². The summed E-state index contributed by atoms with van der Waals surface area (Å²) in [5, 5.41) is 8.93. The minimum Gasteiger partial charge on any atom is -0.445 e. The molecule has 1 atom stereocenters. The van der Waals surface area contributed by atoms with Crippen molar-refractivity contribution in [2.45, 2.75) is 52.3 Å². The lowest BCUT2D eigenvalue weighted by atomic mass is 10.0. The van der Waals surface area contributed by atoms with Gasteiger partial charge in [0.2, 0.25) is 11.7 Å². The van der Waals surface area contributed by atoms with E-state index in [1.54, 1.807) is 0 Å². The average molecular weight is 444 g/mol. The van der Waals surface area contributed by atoms with Crippen LogP contribution in [0, 0.1) is 11.8 Å². The first-order valence-electron chi connectivity index (χ1n) is 10.7. The zero-order valence-electron chi connectivity index (χ0n) is 18.2. The molecule has 0 spiro atoms. The number of hydrogen-bond donors (Lipinski definition) is 2. The second-order valence-electron chi connectivity index (χ2n) is 8.33. The summed E-state index contributed by atoms with van der Waals surface area (Å²) < 4.78 is 11.2. The van der Waals surface area contributed by atoms with Crippen molar-refractivity contribution in [1.29, 1.82) is 0 Å². The predicted octanol–water partition coefficient (Wildman–Crippen LogP) is 1.89. The highest BCUT2D eigenvalue weighted by molar-refractivity contribution is 5.96. The van der Waals surface area contributed by atoms with E-state index < -0.39 is 36.1 Å². The highest BCUT2D eigenvalue weighted by atomic mass is 16.5. The molecule has 1 aromatic carbocycles. The van der Waals surface area contributed by atoms with Gasteiger partial charge < -0.3 is 19.8 Å². The van der Waals surface area contributed by atoms with E-state index in [0.29, 0.717) is 18.9 Å². The van der Waals surface area contributed by atoms with Crippen LogP contribution < -0.4 is 16.4 Å². The number of Topliss-reactive ketones (excluding diaryl/α,β-unsaturated/α-hetero) is 1. The van der Waals surface area contributed by atoms with Crippen LogP contribution in [-0.2, 0) is 22.7 Å². The Morgan fingerprint density at radius 3 is 2.59 bits per heavy atom. The summed E-state index contributed by atoms with van der Waals surface area (Å²) >= 11 is 0. The minimum atomic E-state index is -0.884. The maximum Gasteiger partial charge on any atom is 0.437 e. The zero-order chi connectivity index (χ0) is 23.1. The fourth-order valence-corrected chi connectivity index (χ4v) is 3.06. The van der Waals surface area contributed by atoms with E-state index in [4.69, 9.17) is 9.15 Å². The molecule has 0 unspecified atom stereocenters. The van der Waals surface area contributed by atoms with Crippen LogP contribution in [0.15, 0.2) is 39.5 Å². The third-order valence-electron chi connectivity index (χ3n) is 4.92. The number of carbonyl (C=O) groups excluding carboxylic acids is 3. The fraction of sp³-hybridized carbons (Fsp3) is 0.500. The van der Waals surface area contributed by atoms with Crippen LogP contribution in [-0.4, -0.2) is 40.2 Å². The zero-order valence-corrected chi connectivity index (χ0v) is 18.2. The van der Waals surface area contributed by atoms with E-state index in [0.717, 1.165) is 23.1 Å². The molecular weight excluding hydrogens is 416 g/mol. The van der Waals surface area contributed by atoms with E-state index in [1.165, 1.54) is 0 Å². The molecule has 32 heavy (non-hydrogen) atoms. The maximum absolute atomic E-state index is 12.6. The maximum atomic E-state index is 12.6. The number of aromatic nitrogens is 2. The van der Waals surface area contributed by atoms with Gasteiger partial charge in [0.1, 0.15) is 12.6 Å². The molecule has 1 aromatic heterocycles. The number of amides is 2. The van der Waals surface area contributed by atoms with Crippen LogP contribution in [0.1, 0.15) is 49.4 Å². The molecule has 1 aliphatic rings. The van der Waals surface area contributed by atoms with Gasteiger partial charge in [-0.3, -0.25) is 9.59 Å². The molecule has 2 N–H and O–H groups in total. The molecule has 2 amide bonds. The van der Waals surface area contributed by atoms with Gasteiger partial charge in [0, 0.05) is 0 Å². The number of nitrogens with zero attached hydrogens (tertiary/aromatic N) is 2. The van der Waals surface area contributed by atoms with E-state index in [-0.39, 0.29) is 18.4 Å². The Kier molecular flexibility index (Phi) is 7.80. The predicted molar refractivity (Wildman–Crippen MR) is 114 cm³/mol. The van der Waals surface area contributed by atoms with Gasteiger partial charge in [0.05, 0.1) is 13.1 Å². The molecule has 1 fully saturated rings. The van der Waals surface area contributed by atoms with Crippen molar-refractivity contribution in [2.24, 2.45) is 11.8 Å². The van der Waals surface area contributed by atoms with Crippen molar-refractivity contribution in [3.63, 3.8) is 0 Å². The highest BCUT2D eigenvalue weighted by Crippen LogP contribution is 2.29. The monoisotopic (exact) mass is 444 g/mol. The molecule has 0 bridgehead atoms. The largest absolute Gasteiger partial charge is 0.445 e. The van der Waals surface area contributed by atoms with Crippen LogP contribution in [0.5, 0.6) is 0 Å². The lowest BCUT2D eigenvalue weighted by molar-refractivity contribution is -0.123. The summed E-state index contributed by atoms with van der Waals surface area (Å²) in [6.07, 6.45) is 1.67. The summed E-state index contributed by atoms with van der Waals surface area (Å²) in [6, 6.07) is 8.28. The third-order valence-corrected chi connectivity index (χ3v) is 4.92. The quantitative estimate of drug-likeness (QED) is 0.506. The van der Waals surface area contributed by atoms with Crippen molar-refractivity contribution in [2.75, 3.05) is 6.54 Å². The van der Waals surface area contributed by atoms with Gasteiger partial charge >= 0.3 is 11.8 Å². The van der Waals surface area contributed by atoms with Crippen LogP contribution >= 0.6 is 0 Å². The molecule has 0 radical (unpaired) electrons. The Balaban J connectivity index is 1.51. The van der Waals surface area contributed by atoms with Crippen molar-refractivity contribution < 1.29 is 23.5 Å². The Morgan fingerprint density at radius 1 is 1.22 bits per heavy atom. The van der Waals surface area contributed by atoms with Gasteiger partial charge in [-0.1, -0.05) is 44.2 Å². The standard InChI is InChI=1S/C22H28N4O6/c1-14(2)10-17(24-21(29)31-13-16-6-4-3-5-7-16)19(28)23-11-18(27)20-25-26(22(30)32-20)12-15-8-9-15/h3-7,14-15,17H,8-13H2,1-2H3,(H,23,28)(H,24,29)/t17-/m0/s1. The summed E-state index contributed by atoms with van der Waals surface area (Å²) in [6.45, 7) is 3.90. The van der Waals surface area contributed by atoms with Gasteiger partial charge in [-0.15, -0.1) is 5.10 Å². The minimum absolute atomic E-state index is 0.0731. The Hall–Kier alpha value is -3.43. The van der Waals surface area contributed by atoms with E-state index in [2.05, 4.69) is 15.7 Å². The Morgan fingerprint density at radius 2 is 1.94 bits per heavy atom. The number of ketones is 1. The molecule has 10 nitrogen and oxygen atoms in total. The van der Waals surface area contributed by atoms with E-state index in [9.17, 15) is 19.2 Å². The second kappa shape index (κ2) is 10.7. The summed E-state index contributed by atoms with van der Waals surface area (Å²) in [7, 11) is 0. The van der Waals surface area contributed by atoms with Crippen molar-refractivity contribution in [3.8, 4) is 0 Å². The van der Waals surface area contributed by atoms with Crippen LogP contribution in [0.2, 0.25) is 0 Å². The Labute approximate surface area is 185 Å². The van der Waals surface area contributed by atoms with Gasteiger partial charge in [-0.25, -0.2) is 9.59 Å². The molecule has 1 aliphatic carbocycles. The number of carbonyl (C=O) groups is 3. The molecule has 1 heterocycles. The SMILES string of the molecule is CC(C)C[C@H](NC(=O)OCc1ccccc1)C(=O)NCC(=O)c1nn(CC2CC2)c(=O)o1. The normalized spacial score (nSPS) is 14.1. The molecule has 3 rings (SSSR count). The van der Waals surface area contributed by atoms with Gasteiger partial charge in [0.25, 0.3) is 5.89 Å². The number of rotatable bonds is 11. The first kappa shape index (κ1) is 23.2. The molecule has 172 valence electrons. The van der Waals surface area contributed by atoms with Crippen LogP contribution in [0.3, 0.4) is 0 Å². The molecule has 0 aliphatic heterocycles. The van der Waals surface area contributed by atoms with E-state index >= 15 is 0 Å². The topological polar surface area (TPSA) is 133 Å². The number of nitrogens with one attached hydrogen (secondary N) is 2. The van der Waals surface area contributed by atoms with Crippen LogP contribution in [0.4, 0.5) is 4.79 Å². The average Bonchev–Trinajstić information content (AvgIpc) is 3.51. The molecule has 1 saturated carbocycles. The van der Waals surface area contributed by atoms with Gasteiger partial charge in [-0.05, 0) is 36.7 Å². The van der Waals surface area contributed by atoms with Crippen molar-refractivity contribution in [3.05, 3.63) is 52.3 Å². The number of benzene rings is 1. The van der Waals surface area contributed by atoms with E-state index in [1.807, 2.05) is 44.2 Å². The van der Waals surface area contributed by atoms with Crippen molar-refractivity contribution >= 4 is 17.8 Å². The van der Waals surface area contributed by atoms with Crippen LogP contribution in [0.25, 0.3) is 0 Å². The summed E-state index contributed by atoms with van der Waals surface area (Å²) in [5.74, 6) is -1.70. The molecule has 10 heteroatoms. The summed E-state index contributed by atoms with van der Waals surface area (Å²) in [5.41, 5.74) is 0.820. The number of alkyl carbamates (subject to hydrolysis) is 1. The second-order valence-corrected chi connectivity index (χ2v) is 8.33. The van der Waals surface area contributed by atoms with Crippen molar-refractivity contribution in [1.82, 2.24) is 20.4 Å². The number of ether oxygens (including phenoxy) is 1. The lowest BCUT2D eigenvalue weighted by Crippen LogP contribution is -2.48. The smallest absolute Gasteiger partial charge is 0.437 e. The first-order chi connectivity index (χ1) is 15.3. The highest BCUT2D eigenvalue weighted by Gasteiger charge is 2.27. The number of hydrogen-bond acceptors (Lipinski definition) is 7. The molecule has 0 saturated heterocycles. The third kappa shape index (κ3) is 7.07. The first-order valence-corrected chi connectivity index (χ1v) is 10.7. The fourth-order valence-electron chi connectivity index (χ4n) is 3.06. The van der Waals surface area contributed by atoms with Gasteiger partial charge in [-0.2, -0.15) is 4.68 Å². The summed E-state index contributed by atoms with van der Waals surface area (Å²) in [4.78, 5) is 48.9. The Bertz CT molecular complexity index is 993. The molecular formula is C22H28N4O6. The molecule has 2 aromatic rings. The lowest BCUT2D eigenvalue weighted by Gasteiger charge is -2.19.